The second-order valence-electron chi connectivity index (χ2n) is 6.17. The predicted molar refractivity (Wildman–Crippen MR) is 107 cm³/mol. The molecule has 0 saturated carbocycles. The molecule has 140 valence electrons. The van der Waals surface area contributed by atoms with Crippen molar-refractivity contribution in [3.05, 3.63) is 88.7 Å². The van der Waals surface area contributed by atoms with Crippen molar-refractivity contribution in [2.24, 2.45) is 0 Å². The highest BCUT2D eigenvalue weighted by molar-refractivity contribution is 6.32. The Labute approximate surface area is 165 Å². The summed E-state index contributed by atoms with van der Waals surface area (Å²) >= 11 is 6.50. The minimum atomic E-state index is 0.452. The fourth-order valence-corrected chi connectivity index (χ4v) is 3.08. The first-order valence-corrected chi connectivity index (χ1v) is 9.46. The molecule has 0 spiro atoms. The molecule has 0 saturated heterocycles. The zero-order chi connectivity index (χ0) is 18.9. The number of hydrogen-bond donors (Lipinski definition) is 1. The largest absolute Gasteiger partial charge is 0.490 e. The second kappa shape index (κ2) is 9.95. The smallest absolute Gasteiger partial charge is 0.180 e. The highest BCUT2D eigenvalue weighted by Gasteiger charge is 2.14. The summed E-state index contributed by atoms with van der Waals surface area (Å²) in [6.45, 7) is 4.62. The van der Waals surface area contributed by atoms with Gasteiger partial charge in [0.1, 0.15) is 19.7 Å². The molecule has 0 atom stereocenters. The van der Waals surface area contributed by atoms with Crippen molar-refractivity contribution < 1.29 is 14.8 Å². The van der Waals surface area contributed by atoms with E-state index in [-0.39, 0.29) is 0 Å². The average molecular weight is 384 g/mol. The number of nitrogens with two attached hydrogens (primary N) is 1. The number of quaternary nitrogens is 1. The number of rotatable bonds is 9. The maximum atomic E-state index is 6.50. The van der Waals surface area contributed by atoms with Crippen molar-refractivity contribution in [1.82, 2.24) is 4.98 Å². The van der Waals surface area contributed by atoms with Crippen LogP contribution in [0, 0.1) is 0 Å². The van der Waals surface area contributed by atoms with Crippen LogP contribution in [0.2, 0.25) is 5.02 Å². The van der Waals surface area contributed by atoms with E-state index in [9.17, 15) is 0 Å². The van der Waals surface area contributed by atoms with Gasteiger partial charge in [0.15, 0.2) is 11.5 Å². The highest BCUT2D eigenvalue weighted by Crippen LogP contribution is 2.37. The van der Waals surface area contributed by atoms with Crippen LogP contribution < -0.4 is 14.8 Å². The van der Waals surface area contributed by atoms with Crippen molar-refractivity contribution in [3.63, 3.8) is 0 Å². The molecule has 5 heteroatoms. The molecule has 2 aromatic carbocycles. The van der Waals surface area contributed by atoms with Crippen LogP contribution in [0.1, 0.15) is 23.6 Å². The third-order valence-electron chi connectivity index (χ3n) is 4.08. The Hall–Kier alpha value is -2.56. The summed E-state index contributed by atoms with van der Waals surface area (Å²) in [5.41, 5.74) is 3.38. The number of aromatic nitrogens is 1. The van der Waals surface area contributed by atoms with E-state index in [1.54, 1.807) is 6.20 Å². The topological polar surface area (TPSA) is 48.0 Å². The Morgan fingerprint density at radius 2 is 1.70 bits per heavy atom. The molecule has 3 aromatic rings. The minimum Gasteiger partial charge on any atom is -0.490 e. The normalized spacial score (nSPS) is 10.6. The summed E-state index contributed by atoms with van der Waals surface area (Å²) in [6.07, 6.45) is 3.67. The van der Waals surface area contributed by atoms with Crippen LogP contribution in [0.25, 0.3) is 0 Å². The third-order valence-corrected chi connectivity index (χ3v) is 4.36. The first-order chi connectivity index (χ1) is 13.3. The molecule has 27 heavy (non-hydrogen) atoms. The van der Waals surface area contributed by atoms with Gasteiger partial charge >= 0.3 is 0 Å². The Morgan fingerprint density at radius 3 is 2.44 bits per heavy atom. The molecule has 0 amide bonds. The maximum Gasteiger partial charge on any atom is 0.180 e. The Bertz CT molecular complexity index is 842. The van der Waals surface area contributed by atoms with Crippen LogP contribution in [0.15, 0.2) is 67.0 Å². The molecule has 4 nitrogen and oxygen atoms in total. The van der Waals surface area contributed by atoms with Crippen molar-refractivity contribution >= 4 is 11.6 Å². The molecule has 1 aromatic heterocycles. The van der Waals surface area contributed by atoms with Crippen LogP contribution in [-0.4, -0.2) is 11.6 Å². The van der Waals surface area contributed by atoms with Gasteiger partial charge < -0.3 is 14.8 Å². The summed E-state index contributed by atoms with van der Waals surface area (Å²) in [6, 6.07) is 18.0. The predicted octanol–water partition coefficient (Wildman–Crippen LogP) is 3.98. The summed E-state index contributed by atoms with van der Waals surface area (Å²) in [5.74, 6) is 1.28. The van der Waals surface area contributed by atoms with Gasteiger partial charge in [0, 0.05) is 23.5 Å². The SMILES string of the molecule is CCOc1cc(C[NH2+]Cc2cccnc2)cc(Cl)c1OCc1ccccc1. The van der Waals surface area contributed by atoms with E-state index in [4.69, 9.17) is 21.1 Å². The molecular formula is C22H24ClN2O2+. The molecule has 0 unspecified atom stereocenters. The van der Waals surface area contributed by atoms with E-state index in [0.29, 0.717) is 29.7 Å². The van der Waals surface area contributed by atoms with Crippen LogP contribution in [-0.2, 0) is 19.7 Å². The zero-order valence-corrected chi connectivity index (χ0v) is 16.2. The lowest BCUT2D eigenvalue weighted by molar-refractivity contribution is -0.686. The van der Waals surface area contributed by atoms with Gasteiger partial charge in [0.2, 0.25) is 0 Å². The molecule has 0 fully saturated rings. The monoisotopic (exact) mass is 383 g/mol. The van der Waals surface area contributed by atoms with E-state index in [2.05, 4.69) is 16.4 Å². The number of benzene rings is 2. The molecule has 0 aliphatic carbocycles. The van der Waals surface area contributed by atoms with Gasteiger partial charge in [0.05, 0.1) is 11.6 Å². The third kappa shape index (κ3) is 5.71. The number of pyridine rings is 1. The van der Waals surface area contributed by atoms with E-state index in [0.717, 1.165) is 24.2 Å². The first kappa shape index (κ1) is 19.2. The second-order valence-corrected chi connectivity index (χ2v) is 6.58. The van der Waals surface area contributed by atoms with E-state index in [1.165, 1.54) is 5.56 Å². The number of halogens is 1. The molecule has 3 rings (SSSR count). The lowest BCUT2D eigenvalue weighted by atomic mass is 10.2. The quantitative estimate of drug-likeness (QED) is 0.608. The molecule has 0 aliphatic rings. The highest BCUT2D eigenvalue weighted by atomic mass is 35.5. The summed E-state index contributed by atoms with van der Waals surface area (Å²) in [5, 5.41) is 2.78. The van der Waals surface area contributed by atoms with Gasteiger partial charge in [-0.2, -0.15) is 0 Å². The summed E-state index contributed by atoms with van der Waals surface area (Å²) in [4.78, 5) is 4.14. The van der Waals surface area contributed by atoms with Crippen molar-refractivity contribution in [1.29, 1.82) is 0 Å². The lowest BCUT2D eigenvalue weighted by Crippen LogP contribution is -2.80. The summed E-state index contributed by atoms with van der Waals surface area (Å²) < 4.78 is 11.7. The first-order valence-electron chi connectivity index (χ1n) is 9.08. The van der Waals surface area contributed by atoms with Crippen molar-refractivity contribution in [2.45, 2.75) is 26.6 Å². The van der Waals surface area contributed by atoms with Gasteiger partial charge in [-0.25, -0.2) is 0 Å². The standard InChI is InChI=1S/C22H23ClN2O2/c1-2-26-21-12-19(15-25-14-18-9-6-10-24-13-18)11-20(23)22(21)27-16-17-7-4-3-5-8-17/h3-13,25H,2,14-16H2,1H3/p+1. The Morgan fingerprint density at radius 1 is 0.926 bits per heavy atom. The van der Waals surface area contributed by atoms with Crippen molar-refractivity contribution in [3.8, 4) is 11.5 Å². The molecule has 0 radical (unpaired) electrons. The van der Waals surface area contributed by atoms with Crippen LogP contribution in [0.3, 0.4) is 0 Å². The Balaban J connectivity index is 1.67. The van der Waals surface area contributed by atoms with Gasteiger partial charge in [-0.3, -0.25) is 4.98 Å². The molecule has 1 heterocycles. The Kier molecular flexibility index (Phi) is 7.08. The summed E-state index contributed by atoms with van der Waals surface area (Å²) in [7, 11) is 0. The number of hydrogen-bond acceptors (Lipinski definition) is 3. The van der Waals surface area contributed by atoms with Crippen LogP contribution in [0.4, 0.5) is 0 Å². The van der Waals surface area contributed by atoms with Gasteiger partial charge in [0.25, 0.3) is 0 Å². The molecule has 0 bridgehead atoms. The minimum absolute atomic E-state index is 0.452. The maximum absolute atomic E-state index is 6.50. The molecule has 2 N–H and O–H groups in total. The van der Waals surface area contributed by atoms with Gasteiger partial charge in [-0.1, -0.05) is 48.0 Å². The van der Waals surface area contributed by atoms with Gasteiger partial charge in [-0.15, -0.1) is 0 Å². The fourth-order valence-electron chi connectivity index (χ4n) is 2.80. The average Bonchev–Trinajstić information content (AvgIpc) is 2.69. The molecule has 0 aliphatic heterocycles. The number of ether oxygens (including phenoxy) is 2. The lowest BCUT2D eigenvalue weighted by Gasteiger charge is -2.15. The van der Waals surface area contributed by atoms with E-state index in [1.807, 2.05) is 61.7 Å². The van der Waals surface area contributed by atoms with E-state index < -0.39 is 0 Å². The fraction of sp³-hybridized carbons (Fsp3) is 0.227. The van der Waals surface area contributed by atoms with Crippen LogP contribution in [0.5, 0.6) is 11.5 Å². The molecular weight excluding hydrogens is 360 g/mol. The zero-order valence-electron chi connectivity index (χ0n) is 15.4. The van der Waals surface area contributed by atoms with Crippen LogP contribution >= 0.6 is 11.6 Å². The van der Waals surface area contributed by atoms with Crippen molar-refractivity contribution in [2.75, 3.05) is 6.61 Å². The number of nitrogens with zero attached hydrogens (tertiary/aromatic N) is 1. The van der Waals surface area contributed by atoms with Gasteiger partial charge in [-0.05, 0) is 30.7 Å². The van der Waals surface area contributed by atoms with E-state index >= 15 is 0 Å².